The molecular weight excluding hydrogens is 226 g/mol. The Morgan fingerprint density at radius 1 is 1.33 bits per heavy atom. The van der Waals surface area contributed by atoms with E-state index in [1.54, 1.807) is 6.07 Å². The van der Waals surface area contributed by atoms with Crippen LogP contribution in [0.5, 0.6) is 0 Å². The lowest BCUT2D eigenvalue weighted by Gasteiger charge is -2.15. The summed E-state index contributed by atoms with van der Waals surface area (Å²) in [7, 11) is 0. The predicted octanol–water partition coefficient (Wildman–Crippen LogP) is 1.80. The van der Waals surface area contributed by atoms with Crippen LogP contribution in [0.4, 0.5) is 11.4 Å². The number of nitrogens with zero attached hydrogens (tertiary/aromatic N) is 1. The molecule has 1 aromatic carbocycles. The molecule has 0 saturated carbocycles. The van der Waals surface area contributed by atoms with Gasteiger partial charge in [0, 0.05) is 13.1 Å². The number of amides is 1. The second kappa shape index (κ2) is 5.40. The maximum atomic E-state index is 11.9. The zero-order valence-corrected chi connectivity index (χ0v) is 11.0. The number of benzene rings is 1. The van der Waals surface area contributed by atoms with Gasteiger partial charge < -0.3 is 11.1 Å². The van der Waals surface area contributed by atoms with Crippen molar-refractivity contribution in [1.82, 2.24) is 4.90 Å². The Hall–Kier alpha value is -1.55. The summed E-state index contributed by atoms with van der Waals surface area (Å²) in [6.45, 7) is 6.91. The van der Waals surface area contributed by atoms with Crippen LogP contribution in [0.15, 0.2) is 24.3 Å². The molecule has 0 aromatic heterocycles. The molecule has 1 aliphatic rings. The Balaban J connectivity index is 1.88. The molecule has 0 radical (unpaired) electrons. The molecule has 1 saturated heterocycles. The molecule has 2 atom stereocenters. The van der Waals surface area contributed by atoms with Crippen LogP contribution in [0, 0.1) is 11.8 Å². The van der Waals surface area contributed by atoms with Crippen LogP contribution in [-0.2, 0) is 4.79 Å². The number of nitrogens with one attached hydrogen (secondary N) is 1. The number of nitrogens with two attached hydrogens (primary N) is 1. The van der Waals surface area contributed by atoms with Crippen molar-refractivity contribution < 1.29 is 4.79 Å². The lowest BCUT2D eigenvalue weighted by molar-refractivity contribution is -0.117. The topological polar surface area (TPSA) is 58.4 Å². The second-order valence-corrected chi connectivity index (χ2v) is 5.28. The van der Waals surface area contributed by atoms with Crippen molar-refractivity contribution in [2.75, 3.05) is 30.7 Å². The highest BCUT2D eigenvalue weighted by atomic mass is 16.2. The van der Waals surface area contributed by atoms with E-state index in [0.717, 1.165) is 13.1 Å². The third-order valence-corrected chi connectivity index (χ3v) is 3.67. The number of anilines is 2. The Kier molecular flexibility index (Phi) is 3.87. The number of para-hydroxylation sites is 2. The third kappa shape index (κ3) is 3.01. The fraction of sp³-hybridized carbons (Fsp3) is 0.500. The molecule has 2 rings (SSSR count). The number of hydrogen-bond donors (Lipinski definition) is 2. The molecule has 4 nitrogen and oxygen atoms in total. The Labute approximate surface area is 108 Å². The molecule has 0 aliphatic carbocycles. The van der Waals surface area contributed by atoms with E-state index < -0.39 is 0 Å². The van der Waals surface area contributed by atoms with Gasteiger partial charge in [-0.15, -0.1) is 0 Å². The summed E-state index contributed by atoms with van der Waals surface area (Å²) in [6.07, 6.45) is 0. The van der Waals surface area contributed by atoms with Gasteiger partial charge in [0.05, 0.1) is 17.9 Å². The molecule has 18 heavy (non-hydrogen) atoms. The van der Waals surface area contributed by atoms with Crippen LogP contribution >= 0.6 is 0 Å². The first-order valence-corrected chi connectivity index (χ1v) is 6.43. The first kappa shape index (κ1) is 12.9. The summed E-state index contributed by atoms with van der Waals surface area (Å²) in [5, 5.41) is 2.86. The van der Waals surface area contributed by atoms with Crippen molar-refractivity contribution in [3.8, 4) is 0 Å². The van der Waals surface area contributed by atoms with Crippen LogP contribution < -0.4 is 11.1 Å². The summed E-state index contributed by atoms with van der Waals surface area (Å²) in [5.41, 5.74) is 7.10. The van der Waals surface area contributed by atoms with Crippen molar-refractivity contribution in [2.24, 2.45) is 11.8 Å². The maximum absolute atomic E-state index is 11.9. The van der Waals surface area contributed by atoms with E-state index in [2.05, 4.69) is 24.1 Å². The van der Waals surface area contributed by atoms with Gasteiger partial charge in [0.25, 0.3) is 0 Å². The highest BCUT2D eigenvalue weighted by Crippen LogP contribution is 2.22. The van der Waals surface area contributed by atoms with Crippen molar-refractivity contribution in [1.29, 1.82) is 0 Å². The lowest BCUT2D eigenvalue weighted by atomic mass is 10.0. The van der Waals surface area contributed by atoms with Gasteiger partial charge in [-0.1, -0.05) is 26.0 Å². The lowest BCUT2D eigenvalue weighted by Crippen LogP contribution is -2.31. The van der Waals surface area contributed by atoms with Gasteiger partial charge in [-0.2, -0.15) is 0 Å². The number of rotatable bonds is 3. The monoisotopic (exact) mass is 247 g/mol. The van der Waals surface area contributed by atoms with Gasteiger partial charge in [0.1, 0.15) is 0 Å². The van der Waals surface area contributed by atoms with Crippen LogP contribution in [0.1, 0.15) is 13.8 Å². The average molecular weight is 247 g/mol. The van der Waals surface area contributed by atoms with Gasteiger partial charge in [0.2, 0.25) is 5.91 Å². The Morgan fingerprint density at radius 2 is 1.94 bits per heavy atom. The Morgan fingerprint density at radius 3 is 2.56 bits per heavy atom. The second-order valence-electron chi connectivity index (χ2n) is 5.28. The molecule has 3 N–H and O–H groups in total. The van der Waals surface area contributed by atoms with E-state index in [4.69, 9.17) is 5.73 Å². The molecule has 1 amide bonds. The summed E-state index contributed by atoms with van der Waals surface area (Å²) in [4.78, 5) is 14.1. The first-order valence-electron chi connectivity index (χ1n) is 6.43. The van der Waals surface area contributed by atoms with Crippen molar-refractivity contribution >= 4 is 17.3 Å². The Bertz CT molecular complexity index is 423. The summed E-state index contributed by atoms with van der Waals surface area (Å²) in [6, 6.07) is 7.33. The SMILES string of the molecule is CC1CN(CC(=O)Nc2ccccc2N)CC1C. The number of nitrogen functional groups attached to an aromatic ring is 1. The van der Waals surface area contributed by atoms with Crippen LogP contribution in [-0.4, -0.2) is 30.4 Å². The van der Waals surface area contributed by atoms with Gasteiger partial charge in [0.15, 0.2) is 0 Å². The highest BCUT2D eigenvalue weighted by molar-refractivity contribution is 5.95. The van der Waals surface area contributed by atoms with E-state index >= 15 is 0 Å². The standard InChI is InChI=1S/C14H21N3O/c1-10-7-17(8-11(10)2)9-14(18)16-13-6-4-3-5-12(13)15/h3-6,10-11H,7-9,15H2,1-2H3,(H,16,18). The predicted molar refractivity (Wildman–Crippen MR) is 74.3 cm³/mol. The molecule has 1 aliphatic heterocycles. The molecule has 1 aromatic rings. The summed E-state index contributed by atoms with van der Waals surface area (Å²) >= 11 is 0. The molecule has 4 heteroatoms. The summed E-state index contributed by atoms with van der Waals surface area (Å²) in [5.74, 6) is 1.34. The molecule has 0 bridgehead atoms. The molecule has 0 spiro atoms. The minimum Gasteiger partial charge on any atom is -0.397 e. The van der Waals surface area contributed by atoms with Crippen molar-refractivity contribution in [3.05, 3.63) is 24.3 Å². The fourth-order valence-corrected chi connectivity index (χ4v) is 2.38. The number of hydrogen-bond acceptors (Lipinski definition) is 3. The van der Waals surface area contributed by atoms with Gasteiger partial charge in [-0.05, 0) is 24.0 Å². The molecule has 1 fully saturated rings. The highest BCUT2D eigenvalue weighted by Gasteiger charge is 2.27. The van der Waals surface area contributed by atoms with Crippen LogP contribution in [0.3, 0.4) is 0 Å². The van der Waals surface area contributed by atoms with Crippen LogP contribution in [0.25, 0.3) is 0 Å². The van der Waals surface area contributed by atoms with Crippen molar-refractivity contribution in [3.63, 3.8) is 0 Å². The molecule has 1 heterocycles. The van der Waals surface area contributed by atoms with E-state index in [1.165, 1.54) is 0 Å². The third-order valence-electron chi connectivity index (χ3n) is 3.67. The number of carbonyl (C=O) groups is 1. The van der Waals surface area contributed by atoms with Gasteiger partial charge >= 0.3 is 0 Å². The van der Waals surface area contributed by atoms with Crippen molar-refractivity contribution in [2.45, 2.75) is 13.8 Å². The maximum Gasteiger partial charge on any atom is 0.238 e. The normalized spacial score (nSPS) is 24.1. The van der Waals surface area contributed by atoms with E-state index in [9.17, 15) is 4.79 Å². The van der Waals surface area contributed by atoms with Gasteiger partial charge in [-0.3, -0.25) is 9.69 Å². The summed E-state index contributed by atoms with van der Waals surface area (Å²) < 4.78 is 0. The largest absolute Gasteiger partial charge is 0.397 e. The quantitative estimate of drug-likeness (QED) is 0.801. The molecule has 98 valence electrons. The number of likely N-dealkylation sites (tertiary alicyclic amines) is 1. The average Bonchev–Trinajstić information content (AvgIpc) is 2.61. The molecule has 2 unspecified atom stereocenters. The fourth-order valence-electron chi connectivity index (χ4n) is 2.38. The number of carbonyl (C=O) groups excluding carboxylic acids is 1. The first-order chi connectivity index (χ1) is 8.56. The smallest absolute Gasteiger partial charge is 0.238 e. The van der Waals surface area contributed by atoms with E-state index in [1.807, 2.05) is 18.2 Å². The van der Waals surface area contributed by atoms with Crippen LogP contribution in [0.2, 0.25) is 0 Å². The zero-order valence-electron chi connectivity index (χ0n) is 11.0. The zero-order chi connectivity index (χ0) is 13.1. The minimum atomic E-state index is 0.00852. The van der Waals surface area contributed by atoms with E-state index in [0.29, 0.717) is 29.8 Å². The minimum absolute atomic E-state index is 0.00852. The van der Waals surface area contributed by atoms with E-state index in [-0.39, 0.29) is 5.91 Å². The van der Waals surface area contributed by atoms with Gasteiger partial charge in [-0.25, -0.2) is 0 Å². The molecular formula is C14H21N3O.